The molecular formula is C12H15F3N2O4. The number of rotatable bonds is 8. The minimum absolute atomic E-state index is 0.0925. The number of hydrogen-bond acceptors (Lipinski definition) is 5. The zero-order chi connectivity index (χ0) is 15.9. The molecule has 0 atom stereocenters. The van der Waals surface area contributed by atoms with Crippen LogP contribution < -0.4 is 5.32 Å². The van der Waals surface area contributed by atoms with Gasteiger partial charge in [0, 0.05) is 24.9 Å². The van der Waals surface area contributed by atoms with Gasteiger partial charge in [-0.2, -0.15) is 13.2 Å². The summed E-state index contributed by atoms with van der Waals surface area (Å²) in [6.07, 6.45) is -4.26. The summed E-state index contributed by atoms with van der Waals surface area (Å²) in [6.45, 7) is 0.813. The Labute approximate surface area is 118 Å². The number of nitro groups is 1. The number of alkyl halides is 3. The number of nitrogens with zero attached hydrogens (tertiary/aromatic N) is 1. The van der Waals surface area contributed by atoms with E-state index in [1.807, 2.05) is 0 Å². The highest BCUT2D eigenvalue weighted by molar-refractivity contribution is 5.55. The van der Waals surface area contributed by atoms with Gasteiger partial charge in [-0.1, -0.05) is 0 Å². The molecule has 1 aromatic carbocycles. The van der Waals surface area contributed by atoms with Gasteiger partial charge in [-0.15, -0.1) is 0 Å². The van der Waals surface area contributed by atoms with Crippen molar-refractivity contribution in [3.63, 3.8) is 0 Å². The number of benzene rings is 1. The fraction of sp³-hybridized carbons (Fsp3) is 0.500. The summed E-state index contributed by atoms with van der Waals surface area (Å²) in [5.41, 5.74) is -2.11. The van der Waals surface area contributed by atoms with Crippen LogP contribution >= 0.6 is 0 Å². The highest BCUT2D eigenvalue weighted by atomic mass is 19.4. The summed E-state index contributed by atoms with van der Waals surface area (Å²) < 4.78 is 43.2. The van der Waals surface area contributed by atoms with E-state index in [0.29, 0.717) is 25.6 Å². The molecule has 1 aromatic rings. The Bertz CT molecular complexity index is 480. The second-order valence-electron chi connectivity index (χ2n) is 4.10. The maximum atomic E-state index is 12.7. The molecule has 0 spiro atoms. The van der Waals surface area contributed by atoms with E-state index in [2.05, 4.69) is 5.32 Å². The minimum atomic E-state index is -4.79. The largest absolute Gasteiger partial charge is 0.423 e. The predicted octanol–water partition coefficient (Wildman–Crippen LogP) is 2.42. The zero-order valence-corrected chi connectivity index (χ0v) is 11.0. The lowest BCUT2D eigenvalue weighted by molar-refractivity contribution is -0.388. The number of halogens is 3. The summed E-state index contributed by atoms with van der Waals surface area (Å²) in [4.78, 5) is 9.53. The van der Waals surface area contributed by atoms with E-state index in [0.717, 1.165) is 6.07 Å². The molecule has 6 nitrogen and oxygen atoms in total. The molecule has 0 unspecified atom stereocenters. The quantitative estimate of drug-likeness (QED) is 0.438. The van der Waals surface area contributed by atoms with Crippen molar-refractivity contribution in [2.45, 2.75) is 12.6 Å². The summed E-state index contributed by atoms with van der Waals surface area (Å²) in [5.74, 6) is 0. The Morgan fingerprint density at radius 1 is 1.33 bits per heavy atom. The smallest absolute Gasteiger partial charge is 0.394 e. The van der Waals surface area contributed by atoms with Gasteiger partial charge in [0.05, 0.1) is 18.1 Å². The van der Waals surface area contributed by atoms with Crippen LogP contribution in [0.4, 0.5) is 24.5 Å². The Balaban J connectivity index is 2.66. The van der Waals surface area contributed by atoms with E-state index in [9.17, 15) is 23.3 Å². The first kappa shape index (κ1) is 17.2. The highest BCUT2D eigenvalue weighted by Gasteiger charge is 2.38. The van der Waals surface area contributed by atoms with Crippen LogP contribution in [-0.4, -0.2) is 36.4 Å². The van der Waals surface area contributed by atoms with Gasteiger partial charge in [0.25, 0.3) is 5.69 Å². The van der Waals surface area contributed by atoms with Crippen molar-refractivity contribution in [3.8, 4) is 0 Å². The topological polar surface area (TPSA) is 84.6 Å². The second-order valence-corrected chi connectivity index (χ2v) is 4.10. The summed E-state index contributed by atoms with van der Waals surface area (Å²) in [5, 5.41) is 21.8. The molecule has 0 amide bonds. The summed E-state index contributed by atoms with van der Waals surface area (Å²) >= 11 is 0. The molecular weight excluding hydrogens is 293 g/mol. The molecule has 0 bridgehead atoms. The van der Waals surface area contributed by atoms with Gasteiger partial charge in [-0.25, -0.2) is 0 Å². The number of ether oxygens (including phenoxy) is 1. The van der Waals surface area contributed by atoms with Crippen molar-refractivity contribution < 1.29 is 27.9 Å². The highest BCUT2D eigenvalue weighted by Crippen LogP contribution is 2.37. The molecule has 0 saturated heterocycles. The minimum Gasteiger partial charge on any atom is -0.394 e. The van der Waals surface area contributed by atoms with Crippen molar-refractivity contribution in [1.82, 2.24) is 0 Å². The van der Waals surface area contributed by atoms with Gasteiger partial charge in [-0.3, -0.25) is 10.1 Å². The van der Waals surface area contributed by atoms with Crippen molar-refractivity contribution >= 4 is 11.4 Å². The fourth-order valence-corrected chi connectivity index (χ4v) is 1.61. The molecule has 2 N–H and O–H groups in total. The molecule has 0 radical (unpaired) electrons. The van der Waals surface area contributed by atoms with Crippen LogP contribution in [0, 0.1) is 10.1 Å². The van der Waals surface area contributed by atoms with Crippen LogP contribution in [0.5, 0.6) is 0 Å². The van der Waals surface area contributed by atoms with Gasteiger partial charge < -0.3 is 15.2 Å². The van der Waals surface area contributed by atoms with Crippen LogP contribution in [0.15, 0.2) is 18.2 Å². The Kier molecular flexibility index (Phi) is 6.38. The summed E-state index contributed by atoms with van der Waals surface area (Å²) in [7, 11) is 0. The van der Waals surface area contributed by atoms with Crippen molar-refractivity contribution in [1.29, 1.82) is 0 Å². The lowest BCUT2D eigenvalue weighted by Gasteiger charge is -2.11. The number of aliphatic hydroxyl groups is 1. The van der Waals surface area contributed by atoms with E-state index < -0.39 is 22.4 Å². The van der Waals surface area contributed by atoms with Crippen LogP contribution in [0.3, 0.4) is 0 Å². The maximum absolute atomic E-state index is 12.7. The average Bonchev–Trinajstić information content (AvgIpc) is 2.41. The molecule has 0 aliphatic heterocycles. The molecule has 0 saturated carbocycles. The zero-order valence-electron chi connectivity index (χ0n) is 11.0. The lowest BCUT2D eigenvalue weighted by Crippen LogP contribution is -2.11. The first-order valence-electron chi connectivity index (χ1n) is 6.14. The second kappa shape index (κ2) is 7.79. The van der Waals surface area contributed by atoms with Gasteiger partial charge >= 0.3 is 6.18 Å². The molecule has 0 fully saturated rings. The van der Waals surface area contributed by atoms with E-state index in [1.54, 1.807) is 0 Å². The molecule has 0 aromatic heterocycles. The average molecular weight is 308 g/mol. The van der Waals surface area contributed by atoms with Crippen LogP contribution in [0.25, 0.3) is 0 Å². The molecule has 0 heterocycles. The summed E-state index contributed by atoms with van der Waals surface area (Å²) in [6, 6.07) is 2.77. The van der Waals surface area contributed by atoms with Crippen LogP contribution in [-0.2, 0) is 10.9 Å². The number of nitro benzene ring substituents is 1. The normalized spacial score (nSPS) is 11.4. The van der Waals surface area contributed by atoms with Crippen molar-refractivity contribution in [2.75, 3.05) is 31.7 Å². The van der Waals surface area contributed by atoms with E-state index in [4.69, 9.17) is 9.84 Å². The predicted molar refractivity (Wildman–Crippen MR) is 69.1 cm³/mol. The third-order valence-corrected chi connectivity index (χ3v) is 2.53. The van der Waals surface area contributed by atoms with Crippen molar-refractivity contribution in [2.24, 2.45) is 0 Å². The fourth-order valence-electron chi connectivity index (χ4n) is 1.61. The SMILES string of the molecule is O=[N+]([O-])c1ccc(NCCCOCCO)cc1C(F)(F)F. The number of anilines is 1. The molecule has 1 rings (SSSR count). The molecule has 0 aliphatic rings. The van der Waals surface area contributed by atoms with Crippen LogP contribution in [0.1, 0.15) is 12.0 Å². The number of hydrogen-bond donors (Lipinski definition) is 2. The Morgan fingerprint density at radius 2 is 2.05 bits per heavy atom. The molecule has 21 heavy (non-hydrogen) atoms. The third-order valence-electron chi connectivity index (χ3n) is 2.53. The van der Waals surface area contributed by atoms with E-state index in [1.165, 1.54) is 6.07 Å². The first-order valence-corrected chi connectivity index (χ1v) is 6.14. The van der Waals surface area contributed by atoms with E-state index in [-0.39, 0.29) is 18.9 Å². The Morgan fingerprint density at radius 3 is 2.62 bits per heavy atom. The molecule has 118 valence electrons. The van der Waals surface area contributed by atoms with Crippen LogP contribution in [0.2, 0.25) is 0 Å². The van der Waals surface area contributed by atoms with Crippen molar-refractivity contribution in [3.05, 3.63) is 33.9 Å². The van der Waals surface area contributed by atoms with Gasteiger partial charge in [0.2, 0.25) is 0 Å². The maximum Gasteiger partial charge on any atom is 0.423 e. The van der Waals surface area contributed by atoms with Gasteiger partial charge in [-0.05, 0) is 18.6 Å². The Hall–Kier alpha value is -1.87. The number of aliphatic hydroxyl groups excluding tert-OH is 1. The van der Waals surface area contributed by atoms with Gasteiger partial charge in [0.1, 0.15) is 5.56 Å². The first-order chi connectivity index (χ1) is 9.86. The molecule has 0 aliphatic carbocycles. The third kappa shape index (κ3) is 5.56. The monoisotopic (exact) mass is 308 g/mol. The number of nitrogens with one attached hydrogen (secondary N) is 1. The lowest BCUT2D eigenvalue weighted by atomic mass is 10.1. The molecule has 9 heteroatoms. The van der Waals surface area contributed by atoms with E-state index >= 15 is 0 Å². The standard InChI is InChI=1S/C12H15F3N2O4/c13-12(14,15)10-8-9(2-3-11(10)17(19)20)16-4-1-6-21-7-5-18/h2-3,8,16,18H,1,4-7H2. The van der Waals surface area contributed by atoms with Gasteiger partial charge in [0.15, 0.2) is 0 Å².